The molecular weight excluding hydrogens is 386 g/mol. The van der Waals surface area contributed by atoms with Gasteiger partial charge in [-0.25, -0.2) is 0 Å². The van der Waals surface area contributed by atoms with Crippen LogP contribution in [0.4, 0.5) is 11.4 Å². The van der Waals surface area contributed by atoms with Crippen molar-refractivity contribution in [2.75, 3.05) is 19.0 Å². The van der Waals surface area contributed by atoms with Gasteiger partial charge in [0.2, 0.25) is 0 Å². The van der Waals surface area contributed by atoms with Crippen LogP contribution >= 0.6 is 12.2 Å². The summed E-state index contributed by atoms with van der Waals surface area (Å²) in [5, 5.41) is 17.2. The molecule has 0 fully saturated rings. The number of nitro groups is 1. The summed E-state index contributed by atoms with van der Waals surface area (Å²) in [6, 6.07) is 10.6. The van der Waals surface area contributed by atoms with E-state index in [0.717, 1.165) is 0 Å². The van der Waals surface area contributed by atoms with Crippen LogP contribution in [0, 0.1) is 10.1 Å². The number of amides is 1. The van der Waals surface area contributed by atoms with Gasteiger partial charge in [-0.2, -0.15) is 5.10 Å². The summed E-state index contributed by atoms with van der Waals surface area (Å²) in [5.74, 6) is 0.257. The van der Waals surface area contributed by atoms with Crippen molar-refractivity contribution in [3.05, 3.63) is 58.1 Å². The number of non-ortho nitro benzene ring substituents is 1. The van der Waals surface area contributed by atoms with Gasteiger partial charge in [-0.15, -0.1) is 0 Å². The summed E-state index contributed by atoms with van der Waals surface area (Å²) in [6.45, 7) is -0.310. The normalized spacial score (nSPS) is 10.3. The summed E-state index contributed by atoms with van der Waals surface area (Å²) < 4.78 is 10.7. The van der Waals surface area contributed by atoms with E-state index in [9.17, 15) is 14.9 Å². The number of rotatable bonds is 8. The third-order valence-electron chi connectivity index (χ3n) is 3.28. The van der Waals surface area contributed by atoms with Crippen molar-refractivity contribution in [1.82, 2.24) is 5.43 Å². The van der Waals surface area contributed by atoms with Crippen LogP contribution in [-0.4, -0.2) is 35.9 Å². The molecule has 1 amide bonds. The van der Waals surface area contributed by atoms with Crippen molar-refractivity contribution in [3.63, 3.8) is 0 Å². The van der Waals surface area contributed by atoms with E-state index < -0.39 is 10.8 Å². The maximum atomic E-state index is 12.0. The lowest BCUT2D eigenvalue weighted by Gasteiger charge is -2.11. The van der Waals surface area contributed by atoms with Crippen LogP contribution in [0.1, 0.15) is 5.56 Å². The van der Waals surface area contributed by atoms with Crippen molar-refractivity contribution in [2.45, 2.75) is 0 Å². The number of anilines is 1. The quantitative estimate of drug-likeness (QED) is 0.262. The Morgan fingerprint density at radius 2 is 2.11 bits per heavy atom. The number of hydrogen-bond donors (Lipinski definition) is 3. The van der Waals surface area contributed by atoms with Crippen LogP contribution in [0.15, 0.2) is 47.6 Å². The zero-order valence-corrected chi connectivity index (χ0v) is 15.6. The molecule has 11 heteroatoms. The first-order valence-electron chi connectivity index (χ1n) is 7.82. The van der Waals surface area contributed by atoms with Gasteiger partial charge in [0.25, 0.3) is 11.6 Å². The predicted molar refractivity (Wildman–Crippen MR) is 108 cm³/mol. The first-order chi connectivity index (χ1) is 13.4. The molecule has 146 valence electrons. The molecule has 4 N–H and O–H groups in total. The van der Waals surface area contributed by atoms with Crippen LogP contribution in [0.3, 0.4) is 0 Å². The minimum absolute atomic E-state index is 0.0397. The number of hydrazone groups is 1. The number of carbonyl (C=O) groups excluding carboxylic acids is 1. The Kier molecular flexibility index (Phi) is 7.22. The molecule has 0 aliphatic heterocycles. The molecule has 0 aromatic heterocycles. The lowest BCUT2D eigenvalue weighted by atomic mass is 10.2. The van der Waals surface area contributed by atoms with Crippen molar-refractivity contribution in [1.29, 1.82) is 0 Å². The number of benzene rings is 2. The minimum atomic E-state index is -0.543. The first kappa shape index (κ1) is 20.6. The molecular formula is C17H17N5O5S. The molecule has 0 atom stereocenters. The van der Waals surface area contributed by atoms with E-state index in [4.69, 9.17) is 15.2 Å². The lowest BCUT2D eigenvalue weighted by Crippen LogP contribution is -2.24. The molecule has 28 heavy (non-hydrogen) atoms. The second-order valence-electron chi connectivity index (χ2n) is 5.29. The highest BCUT2D eigenvalue weighted by Crippen LogP contribution is 2.27. The summed E-state index contributed by atoms with van der Waals surface area (Å²) in [5.41, 5.74) is 8.57. The van der Waals surface area contributed by atoms with E-state index in [0.29, 0.717) is 22.7 Å². The van der Waals surface area contributed by atoms with E-state index in [-0.39, 0.29) is 17.4 Å². The smallest absolute Gasteiger partial charge is 0.271 e. The zero-order chi connectivity index (χ0) is 20.5. The standard InChI is InChI=1S/C17H17N5O5S/c1-26-15-7-11(9-19-21-17(18)28)5-6-14(15)27-10-16(23)20-12-3-2-4-13(8-12)22(24)25/h2-9H,10H2,1H3,(H,20,23)(H3,18,21,28)/b19-9-. The highest BCUT2D eigenvalue weighted by Gasteiger charge is 2.11. The summed E-state index contributed by atoms with van der Waals surface area (Å²) in [6.07, 6.45) is 1.49. The van der Waals surface area contributed by atoms with Crippen molar-refractivity contribution in [3.8, 4) is 11.5 Å². The molecule has 10 nitrogen and oxygen atoms in total. The first-order valence-corrected chi connectivity index (χ1v) is 8.23. The molecule has 0 saturated carbocycles. The number of carbonyl (C=O) groups is 1. The van der Waals surface area contributed by atoms with Crippen LogP contribution in [0.25, 0.3) is 0 Å². The second-order valence-corrected chi connectivity index (χ2v) is 5.73. The molecule has 0 heterocycles. The van der Waals surface area contributed by atoms with Gasteiger partial charge in [-0.05, 0) is 42.0 Å². The zero-order valence-electron chi connectivity index (χ0n) is 14.7. The van der Waals surface area contributed by atoms with Gasteiger partial charge in [0.1, 0.15) is 0 Å². The van der Waals surface area contributed by atoms with E-state index in [1.807, 2.05) is 0 Å². The van der Waals surface area contributed by atoms with E-state index in [1.165, 1.54) is 31.5 Å². The molecule has 0 radical (unpaired) electrons. The molecule has 0 aliphatic rings. The fourth-order valence-electron chi connectivity index (χ4n) is 2.09. The molecule has 0 unspecified atom stereocenters. The number of nitro benzene ring substituents is 1. The fourth-order valence-corrected chi connectivity index (χ4v) is 2.14. The molecule has 0 saturated heterocycles. The number of nitrogens with zero attached hydrogens (tertiary/aromatic N) is 2. The average molecular weight is 403 g/mol. The van der Waals surface area contributed by atoms with Crippen molar-refractivity contribution in [2.24, 2.45) is 10.8 Å². The maximum absolute atomic E-state index is 12.0. The molecule has 2 rings (SSSR count). The largest absolute Gasteiger partial charge is 0.493 e. The topological polar surface area (TPSA) is 141 Å². The highest BCUT2D eigenvalue weighted by molar-refractivity contribution is 7.80. The van der Waals surface area contributed by atoms with Gasteiger partial charge in [0.05, 0.1) is 18.2 Å². The van der Waals surface area contributed by atoms with E-state index >= 15 is 0 Å². The Hall–Kier alpha value is -3.73. The van der Waals surface area contributed by atoms with E-state index in [2.05, 4.69) is 28.1 Å². The molecule has 2 aromatic rings. The Bertz CT molecular complexity index is 919. The maximum Gasteiger partial charge on any atom is 0.271 e. The number of methoxy groups -OCH3 is 1. The molecule has 2 aromatic carbocycles. The van der Waals surface area contributed by atoms with Crippen LogP contribution < -0.4 is 25.9 Å². The van der Waals surface area contributed by atoms with Crippen LogP contribution in [0.2, 0.25) is 0 Å². The predicted octanol–water partition coefficient (Wildman–Crippen LogP) is 1.79. The monoisotopic (exact) mass is 403 g/mol. The van der Waals surface area contributed by atoms with Gasteiger partial charge in [-0.1, -0.05) is 6.07 Å². The van der Waals surface area contributed by atoms with Gasteiger partial charge in [-0.3, -0.25) is 20.3 Å². The van der Waals surface area contributed by atoms with Crippen LogP contribution in [-0.2, 0) is 4.79 Å². The number of thiocarbonyl (C=S) groups is 1. The van der Waals surface area contributed by atoms with Crippen LogP contribution in [0.5, 0.6) is 11.5 Å². The Morgan fingerprint density at radius 3 is 2.79 bits per heavy atom. The van der Waals surface area contributed by atoms with Gasteiger partial charge in [0.15, 0.2) is 23.2 Å². The summed E-state index contributed by atoms with van der Waals surface area (Å²) in [7, 11) is 1.46. The van der Waals surface area contributed by atoms with Crippen molar-refractivity contribution >= 4 is 40.8 Å². The molecule has 0 spiro atoms. The molecule has 0 aliphatic carbocycles. The number of nitrogens with two attached hydrogens (primary N) is 1. The van der Waals surface area contributed by atoms with Gasteiger partial charge >= 0.3 is 0 Å². The van der Waals surface area contributed by atoms with E-state index in [1.54, 1.807) is 24.3 Å². The number of ether oxygens (including phenoxy) is 2. The fraction of sp³-hybridized carbons (Fsp3) is 0.118. The lowest BCUT2D eigenvalue weighted by molar-refractivity contribution is -0.384. The van der Waals surface area contributed by atoms with Crippen molar-refractivity contribution < 1.29 is 19.2 Å². The average Bonchev–Trinajstić information content (AvgIpc) is 2.66. The third kappa shape index (κ3) is 6.21. The number of hydrogen-bond acceptors (Lipinski definition) is 7. The van der Waals surface area contributed by atoms with Gasteiger partial charge < -0.3 is 20.5 Å². The SMILES string of the molecule is COc1cc(/C=N\NC(N)=S)ccc1OCC(=O)Nc1cccc([N+](=O)[O-])c1. The highest BCUT2D eigenvalue weighted by atomic mass is 32.1. The van der Waals surface area contributed by atoms with Gasteiger partial charge in [0, 0.05) is 17.8 Å². The molecule has 0 bridgehead atoms. The summed E-state index contributed by atoms with van der Waals surface area (Å²) >= 11 is 4.64. The minimum Gasteiger partial charge on any atom is -0.493 e. The second kappa shape index (κ2) is 9.83. The summed E-state index contributed by atoms with van der Waals surface area (Å²) in [4.78, 5) is 22.3. The Labute approximate surface area is 165 Å². The Balaban J connectivity index is 1.98. The number of nitrogens with one attached hydrogen (secondary N) is 2. The third-order valence-corrected chi connectivity index (χ3v) is 3.37. The Morgan fingerprint density at radius 1 is 1.32 bits per heavy atom.